The number of amides is 4. The van der Waals surface area contributed by atoms with Crippen molar-refractivity contribution >= 4 is 29.6 Å². The fourth-order valence-electron chi connectivity index (χ4n) is 3.53. The van der Waals surface area contributed by atoms with E-state index in [1.165, 1.54) is 11.8 Å². The van der Waals surface area contributed by atoms with Gasteiger partial charge in [-0.3, -0.25) is 15.0 Å². The zero-order chi connectivity index (χ0) is 22.6. The van der Waals surface area contributed by atoms with Gasteiger partial charge in [-0.05, 0) is 43.5 Å². The summed E-state index contributed by atoms with van der Waals surface area (Å²) in [7, 11) is 0. The number of imide groups is 1. The Bertz CT molecular complexity index is 1020. The van der Waals surface area contributed by atoms with E-state index in [1.807, 2.05) is 48.5 Å². The Morgan fingerprint density at radius 2 is 1.88 bits per heavy atom. The highest BCUT2D eigenvalue weighted by molar-refractivity contribution is 8.00. The average Bonchev–Trinajstić information content (AvgIpc) is 2.96. The molecule has 8 nitrogen and oxygen atoms in total. The number of hydrogen-bond acceptors (Lipinski definition) is 6. The molecule has 2 aliphatic heterocycles. The molecule has 0 radical (unpaired) electrons. The van der Waals surface area contributed by atoms with Gasteiger partial charge in [-0.15, -0.1) is 11.8 Å². The zero-order valence-electron chi connectivity index (χ0n) is 17.8. The first kappa shape index (κ1) is 22.0. The van der Waals surface area contributed by atoms with E-state index in [1.54, 1.807) is 6.92 Å². The lowest BCUT2D eigenvalue weighted by Crippen LogP contribution is -2.49. The number of aryl methyl sites for hydroxylation is 1. The highest BCUT2D eigenvalue weighted by Gasteiger charge is 2.48. The van der Waals surface area contributed by atoms with Gasteiger partial charge in [0.1, 0.15) is 5.54 Å². The monoisotopic (exact) mass is 455 g/mol. The maximum Gasteiger partial charge on any atom is 0.344 e. The van der Waals surface area contributed by atoms with Gasteiger partial charge in [0.25, 0.3) is 5.91 Å². The minimum absolute atomic E-state index is 0.0391. The SMILES string of the molecule is CC1(CCc2ccccc2)NC(=O)N(NC(=O)CSc2ccc3c(c2)OCCCO3)C1=O. The summed E-state index contributed by atoms with van der Waals surface area (Å²) in [6.45, 7) is 2.86. The molecule has 4 rings (SSSR count). The largest absolute Gasteiger partial charge is 0.490 e. The molecule has 1 atom stereocenters. The summed E-state index contributed by atoms with van der Waals surface area (Å²) in [4.78, 5) is 38.5. The Kier molecular flexibility index (Phi) is 6.55. The van der Waals surface area contributed by atoms with Crippen molar-refractivity contribution < 1.29 is 23.9 Å². The van der Waals surface area contributed by atoms with E-state index in [9.17, 15) is 14.4 Å². The molecule has 4 amide bonds. The topological polar surface area (TPSA) is 97.0 Å². The van der Waals surface area contributed by atoms with Crippen LogP contribution in [0.5, 0.6) is 11.5 Å². The van der Waals surface area contributed by atoms with Gasteiger partial charge in [-0.2, -0.15) is 5.01 Å². The first-order chi connectivity index (χ1) is 15.4. The third-order valence-electron chi connectivity index (χ3n) is 5.34. The van der Waals surface area contributed by atoms with Crippen molar-refractivity contribution in [1.82, 2.24) is 15.8 Å². The Hall–Kier alpha value is -3.20. The van der Waals surface area contributed by atoms with E-state index in [4.69, 9.17) is 9.47 Å². The lowest BCUT2D eigenvalue weighted by molar-refractivity contribution is -0.138. The van der Waals surface area contributed by atoms with Gasteiger partial charge in [-0.25, -0.2) is 4.79 Å². The number of fused-ring (bicyclic) bond motifs is 1. The molecule has 2 aromatic carbocycles. The summed E-state index contributed by atoms with van der Waals surface area (Å²) in [6, 6.07) is 14.6. The highest BCUT2D eigenvalue weighted by atomic mass is 32.2. The molecule has 0 saturated carbocycles. The number of ether oxygens (including phenoxy) is 2. The Morgan fingerprint density at radius 1 is 1.12 bits per heavy atom. The fraction of sp³-hybridized carbons (Fsp3) is 0.348. The van der Waals surface area contributed by atoms with E-state index in [0.29, 0.717) is 37.6 Å². The first-order valence-electron chi connectivity index (χ1n) is 10.5. The number of nitrogens with one attached hydrogen (secondary N) is 2. The van der Waals surface area contributed by atoms with Crippen molar-refractivity contribution in [2.75, 3.05) is 19.0 Å². The van der Waals surface area contributed by atoms with Gasteiger partial charge in [0.05, 0.1) is 19.0 Å². The van der Waals surface area contributed by atoms with Crippen LogP contribution in [0, 0.1) is 0 Å². The number of hydrazine groups is 1. The van der Waals surface area contributed by atoms with Crippen molar-refractivity contribution in [2.24, 2.45) is 0 Å². The maximum absolute atomic E-state index is 12.9. The second-order valence-corrected chi connectivity index (χ2v) is 8.92. The lowest BCUT2D eigenvalue weighted by atomic mass is 9.93. The Balaban J connectivity index is 1.31. The molecule has 2 heterocycles. The number of hydrogen-bond donors (Lipinski definition) is 2. The number of nitrogens with zero attached hydrogens (tertiary/aromatic N) is 1. The van der Waals surface area contributed by atoms with Gasteiger partial charge in [0.2, 0.25) is 5.91 Å². The summed E-state index contributed by atoms with van der Waals surface area (Å²) >= 11 is 1.28. The summed E-state index contributed by atoms with van der Waals surface area (Å²) in [5, 5.41) is 3.48. The van der Waals surface area contributed by atoms with E-state index in [-0.39, 0.29) is 5.75 Å². The standard InChI is InChI=1S/C23H25N3O5S/c1-23(11-10-16-6-3-2-4-7-16)21(28)26(22(29)24-23)25-20(27)15-32-17-8-9-18-19(14-17)31-13-5-12-30-18/h2-4,6-9,14H,5,10-13,15H2,1H3,(H,24,29)(H,25,27). The van der Waals surface area contributed by atoms with Gasteiger partial charge < -0.3 is 14.8 Å². The molecule has 0 spiro atoms. The third-order valence-corrected chi connectivity index (χ3v) is 6.34. The van der Waals surface area contributed by atoms with Crippen LogP contribution < -0.4 is 20.2 Å². The van der Waals surface area contributed by atoms with Crippen LogP contribution in [-0.4, -0.2) is 47.4 Å². The predicted molar refractivity (Wildman–Crippen MR) is 119 cm³/mol. The van der Waals surface area contributed by atoms with E-state index in [2.05, 4.69) is 10.7 Å². The minimum Gasteiger partial charge on any atom is -0.490 e. The van der Waals surface area contributed by atoms with Crippen LogP contribution in [0.3, 0.4) is 0 Å². The summed E-state index contributed by atoms with van der Waals surface area (Å²) in [6.07, 6.45) is 1.88. The number of rotatable bonds is 7. The maximum atomic E-state index is 12.9. The highest BCUT2D eigenvalue weighted by Crippen LogP contribution is 2.33. The van der Waals surface area contributed by atoms with E-state index < -0.39 is 23.4 Å². The molecular weight excluding hydrogens is 430 g/mol. The fourth-order valence-corrected chi connectivity index (χ4v) is 4.25. The third kappa shape index (κ3) is 4.99. The number of benzene rings is 2. The van der Waals surface area contributed by atoms with Crippen LogP contribution >= 0.6 is 11.8 Å². The van der Waals surface area contributed by atoms with Crippen molar-refractivity contribution in [1.29, 1.82) is 0 Å². The summed E-state index contributed by atoms with van der Waals surface area (Å²) in [5.74, 6) is 0.462. The molecule has 1 unspecified atom stereocenters. The molecule has 2 aliphatic rings. The van der Waals surface area contributed by atoms with Crippen molar-refractivity contribution in [3.63, 3.8) is 0 Å². The molecule has 32 heavy (non-hydrogen) atoms. The molecule has 2 aromatic rings. The summed E-state index contributed by atoms with van der Waals surface area (Å²) < 4.78 is 11.3. The quantitative estimate of drug-likeness (QED) is 0.492. The molecule has 0 bridgehead atoms. The smallest absolute Gasteiger partial charge is 0.344 e. The van der Waals surface area contributed by atoms with Crippen LogP contribution in [0.15, 0.2) is 53.4 Å². The normalized spacial score (nSPS) is 20.0. The van der Waals surface area contributed by atoms with E-state index in [0.717, 1.165) is 21.9 Å². The predicted octanol–water partition coefficient (Wildman–Crippen LogP) is 2.91. The number of carbonyl (C=O) groups is 3. The molecule has 9 heteroatoms. The molecule has 1 fully saturated rings. The number of carbonyl (C=O) groups excluding carboxylic acids is 3. The van der Waals surface area contributed by atoms with Crippen molar-refractivity contribution in [3.8, 4) is 11.5 Å². The second-order valence-electron chi connectivity index (χ2n) is 7.87. The van der Waals surface area contributed by atoms with Gasteiger partial charge in [0, 0.05) is 11.3 Å². The van der Waals surface area contributed by atoms with Gasteiger partial charge >= 0.3 is 6.03 Å². The van der Waals surface area contributed by atoms with Gasteiger partial charge in [-0.1, -0.05) is 30.3 Å². The van der Waals surface area contributed by atoms with Crippen LogP contribution in [0.4, 0.5) is 4.79 Å². The average molecular weight is 456 g/mol. The Morgan fingerprint density at radius 3 is 2.66 bits per heavy atom. The molecule has 1 saturated heterocycles. The van der Waals surface area contributed by atoms with Crippen molar-refractivity contribution in [2.45, 2.75) is 36.6 Å². The van der Waals surface area contributed by atoms with Crippen LogP contribution in [-0.2, 0) is 16.0 Å². The van der Waals surface area contributed by atoms with Crippen LogP contribution in [0.25, 0.3) is 0 Å². The summed E-state index contributed by atoms with van der Waals surface area (Å²) in [5.41, 5.74) is 2.44. The number of thioether (sulfide) groups is 1. The van der Waals surface area contributed by atoms with Crippen LogP contribution in [0.2, 0.25) is 0 Å². The second kappa shape index (κ2) is 9.52. The number of urea groups is 1. The first-order valence-corrected chi connectivity index (χ1v) is 11.5. The lowest BCUT2D eigenvalue weighted by Gasteiger charge is -2.21. The minimum atomic E-state index is -1.07. The molecule has 2 N–H and O–H groups in total. The van der Waals surface area contributed by atoms with Gasteiger partial charge in [0.15, 0.2) is 11.5 Å². The zero-order valence-corrected chi connectivity index (χ0v) is 18.6. The molecular formula is C23H25N3O5S. The molecule has 168 valence electrons. The van der Waals surface area contributed by atoms with Crippen LogP contribution in [0.1, 0.15) is 25.3 Å². The van der Waals surface area contributed by atoms with E-state index >= 15 is 0 Å². The van der Waals surface area contributed by atoms with Crippen molar-refractivity contribution in [3.05, 3.63) is 54.1 Å². The Labute approximate surface area is 190 Å². The molecule has 0 aliphatic carbocycles. The molecule has 0 aromatic heterocycles.